The summed E-state index contributed by atoms with van der Waals surface area (Å²) in [6, 6.07) is -1.17. The summed E-state index contributed by atoms with van der Waals surface area (Å²) < 4.78 is 0. The van der Waals surface area contributed by atoms with Crippen LogP contribution in [0.1, 0.15) is 58.3 Å². The molecular weight excluding hydrogens is 286 g/mol. The van der Waals surface area contributed by atoms with Gasteiger partial charge in [0.05, 0.1) is 24.7 Å². The Morgan fingerprint density at radius 2 is 1.64 bits per heavy atom. The first kappa shape index (κ1) is 21.2. The lowest BCUT2D eigenvalue weighted by Gasteiger charge is -2.27. The molecule has 0 aliphatic carbocycles. The molecule has 0 fully saturated rings. The van der Waals surface area contributed by atoms with Gasteiger partial charge in [0.15, 0.2) is 0 Å². The molecule has 22 heavy (non-hydrogen) atoms. The molecule has 0 aromatic heterocycles. The summed E-state index contributed by atoms with van der Waals surface area (Å²) in [4.78, 5) is 23.0. The highest BCUT2D eigenvalue weighted by molar-refractivity contribution is 5.85. The number of carbonyl (C=O) groups is 2. The molecule has 5 N–H and O–H groups in total. The van der Waals surface area contributed by atoms with Crippen LogP contribution < -0.4 is 5.73 Å². The van der Waals surface area contributed by atoms with Crippen LogP contribution in [0, 0.1) is 5.92 Å². The number of carbonyl (C=O) groups excluding carboxylic acids is 2. The van der Waals surface area contributed by atoms with E-state index in [-0.39, 0.29) is 12.2 Å². The standard InChI is InChI=1S/C16H31NO5/c1-2-3-4-5-6-7-8-9-13(20)15(12(17)10-18)16(22)14(21)11-19/h10,12,14-16,19,21-22H,2-9,11,17H2,1H3/t12-,14+,15-,16+/m0/s1. The second kappa shape index (κ2) is 12.7. The van der Waals surface area contributed by atoms with Gasteiger partial charge >= 0.3 is 0 Å². The summed E-state index contributed by atoms with van der Waals surface area (Å²) in [5.41, 5.74) is 5.56. The van der Waals surface area contributed by atoms with Crippen LogP contribution in [0.15, 0.2) is 0 Å². The van der Waals surface area contributed by atoms with Crippen molar-refractivity contribution < 1.29 is 24.9 Å². The van der Waals surface area contributed by atoms with Gasteiger partial charge in [-0.3, -0.25) is 4.79 Å². The maximum Gasteiger partial charge on any atom is 0.140 e. The van der Waals surface area contributed by atoms with E-state index >= 15 is 0 Å². The molecule has 0 aromatic carbocycles. The Morgan fingerprint density at radius 1 is 1.09 bits per heavy atom. The van der Waals surface area contributed by atoms with E-state index in [9.17, 15) is 19.8 Å². The lowest BCUT2D eigenvalue weighted by molar-refractivity contribution is -0.135. The van der Waals surface area contributed by atoms with Gasteiger partial charge in [0.25, 0.3) is 0 Å². The van der Waals surface area contributed by atoms with E-state index in [1.165, 1.54) is 19.3 Å². The molecule has 0 bridgehead atoms. The first-order chi connectivity index (χ1) is 10.5. The van der Waals surface area contributed by atoms with E-state index in [0.29, 0.717) is 12.7 Å². The van der Waals surface area contributed by atoms with Gasteiger partial charge in [0.1, 0.15) is 18.2 Å². The Morgan fingerprint density at radius 3 is 2.14 bits per heavy atom. The van der Waals surface area contributed by atoms with Crippen LogP contribution in [0.3, 0.4) is 0 Å². The third kappa shape index (κ3) is 7.98. The van der Waals surface area contributed by atoms with Gasteiger partial charge in [-0.05, 0) is 6.42 Å². The number of Topliss-reactive ketones (excluding diaryl/α,β-unsaturated/α-hetero) is 1. The summed E-state index contributed by atoms with van der Waals surface area (Å²) in [5.74, 6) is -1.51. The summed E-state index contributed by atoms with van der Waals surface area (Å²) >= 11 is 0. The number of hydrogen-bond donors (Lipinski definition) is 4. The molecule has 4 atom stereocenters. The SMILES string of the molecule is CCCCCCCCCC(=O)[C@@H]([C@H](O)[C@H](O)CO)[C@@H](N)C=O. The monoisotopic (exact) mass is 317 g/mol. The van der Waals surface area contributed by atoms with E-state index in [1.807, 2.05) is 0 Å². The van der Waals surface area contributed by atoms with Crippen LogP contribution >= 0.6 is 0 Å². The van der Waals surface area contributed by atoms with Gasteiger partial charge in [0, 0.05) is 6.42 Å². The zero-order chi connectivity index (χ0) is 17.0. The predicted molar refractivity (Wildman–Crippen MR) is 84.2 cm³/mol. The van der Waals surface area contributed by atoms with Crippen LogP contribution in [0.5, 0.6) is 0 Å². The summed E-state index contributed by atoms with van der Waals surface area (Å²) in [6.07, 6.45) is 5.00. The van der Waals surface area contributed by atoms with Crippen LogP contribution in [-0.4, -0.2) is 52.2 Å². The molecule has 0 saturated heterocycles. The number of aldehydes is 1. The largest absolute Gasteiger partial charge is 0.394 e. The van der Waals surface area contributed by atoms with Crippen molar-refractivity contribution in [3.63, 3.8) is 0 Å². The highest BCUT2D eigenvalue weighted by Gasteiger charge is 2.35. The van der Waals surface area contributed by atoms with Crippen molar-refractivity contribution in [3.05, 3.63) is 0 Å². The van der Waals surface area contributed by atoms with Gasteiger partial charge in [-0.1, -0.05) is 45.4 Å². The van der Waals surface area contributed by atoms with Crippen LogP contribution in [0.4, 0.5) is 0 Å². The van der Waals surface area contributed by atoms with Crippen molar-refractivity contribution in [2.24, 2.45) is 11.7 Å². The van der Waals surface area contributed by atoms with E-state index in [0.717, 1.165) is 19.3 Å². The topological polar surface area (TPSA) is 121 Å². The van der Waals surface area contributed by atoms with Gasteiger partial charge in [-0.25, -0.2) is 0 Å². The summed E-state index contributed by atoms with van der Waals surface area (Å²) in [5, 5.41) is 28.2. The fourth-order valence-corrected chi connectivity index (χ4v) is 2.49. The predicted octanol–water partition coefficient (Wildman–Crippen LogP) is 0.553. The minimum absolute atomic E-state index is 0.217. The van der Waals surface area contributed by atoms with Crippen molar-refractivity contribution in [2.75, 3.05) is 6.61 Å². The molecule has 0 heterocycles. The molecule has 6 nitrogen and oxygen atoms in total. The molecule has 0 radical (unpaired) electrons. The number of ketones is 1. The molecule has 0 aliphatic heterocycles. The smallest absolute Gasteiger partial charge is 0.140 e. The number of nitrogens with two attached hydrogens (primary N) is 1. The minimum atomic E-state index is -1.53. The normalized spacial score (nSPS) is 16.8. The zero-order valence-corrected chi connectivity index (χ0v) is 13.5. The third-order valence-electron chi connectivity index (χ3n) is 3.92. The summed E-state index contributed by atoms with van der Waals surface area (Å²) in [7, 11) is 0. The number of rotatable bonds is 14. The lowest BCUT2D eigenvalue weighted by Crippen LogP contribution is -2.49. The van der Waals surface area contributed by atoms with Crippen molar-refractivity contribution in [1.29, 1.82) is 0 Å². The van der Waals surface area contributed by atoms with Gasteiger partial charge in [-0.15, -0.1) is 0 Å². The Hall–Kier alpha value is -0.820. The van der Waals surface area contributed by atoms with E-state index in [2.05, 4.69) is 6.92 Å². The van der Waals surface area contributed by atoms with Crippen LogP contribution in [-0.2, 0) is 9.59 Å². The summed E-state index contributed by atoms with van der Waals surface area (Å²) in [6.45, 7) is 1.47. The second-order valence-corrected chi connectivity index (χ2v) is 5.82. The Balaban J connectivity index is 4.26. The van der Waals surface area contributed by atoms with Crippen molar-refractivity contribution in [3.8, 4) is 0 Å². The minimum Gasteiger partial charge on any atom is -0.394 e. The van der Waals surface area contributed by atoms with Crippen molar-refractivity contribution >= 4 is 12.1 Å². The highest BCUT2D eigenvalue weighted by Crippen LogP contribution is 2.17. The quantitative estimate of drug-likeness (QED) is 0.274. The molecule has 6 heteroatoms. The Labute approximate surface area is 132 Å². The average Bonchev–Trinajstić information content (AvgIpc) is 2.52. The molecule has 130 valence electrons. The Kier molecular flexibility index (Phi) is 12.2. The molecule has 0 spiro atoms. The molecule has 0 amide bonds. The second-order valence-electron chi connectivity index (χ2n) is 5.82. The highest BCUT2D eigenvalue weighted by atomic mass is 16.4. The van der Waals surface area contributed by atoms with Crippen LogP contribution in [0.2, 0.25) is 0 Å². The van der Waals surface area contributed by atoms with Crippen LogP contribution in [0.25, 0.3) is 0 Å². The molecule has 0 saturated carbocycles. The molecule has 0 unspecified atom stereocenters. The van der Waals surface area contributed by atoms with Gasteiger partial charge in [0.2, 0.25) is 0 Å². The third-order valence-corrected chi connectivity index (χ3v) is 3.92. The fourth-order valence-electron chi connectivity index (χ4n) is 2.49. The average molecular weight is 317 g/mol. The fraction of sp³-hybridized carbons (Fsp3) is 0.875. The molecule has 0 rings (SSSR count). The number of unbranched alkanes of at least 4 members (excludes halogenated alkanes) is 6. The molecule has 0 aliphatic rings. The van der Waals surface area contributed by atoms with E-state index in [4.69, 9.17) is 10.8 Å². The Bertz CT molecular complexity index is 311. The maximum atomic E-state index is 12.1. The van der Waals surface area contributed by atoms with E-state index in [1.54, 1.807) is 0 Å². The first-order valence-electron chi connectivity index (χ1n) is 8.20. The van der Waals surface area contributed by atoms with Crippen molar-refractivity contribution in [2.45, 2.75) is 76.5 Å². The molecular formula is C16H31NO5. The first-order valence-corrected chi connectivity index (χ1v) is 8.20. The number of aliphatic hydroxyl groups is 3. The number of hydrogen-bond acceptors (Lipinski definition) is 6. The maximum absolute atomic E-state index is 12.1. The zero-order valence-electron chi connectivity index (χ0n) is 13.5. The lowest BCUT2D eigenvalue weighted by atomic mass is 9.85. The van der Waals surface area contributed by atoms with Gasteiger partial charge in [-0.2, -0.15) is 0 Å². The molecule has 0 aromatic rings. The number of aliphatic hydroxyl groups excluding tert-OH is 3. The van der Waals surface area contributed by atoms with E-state index < -0.39 is 30.8 Å². The van der Waals surface area contributed by atoms with Gasteiger partial charge < -0.3 is 25.8 Å². The van der Waals surface area contributed by atoms with Crippen molar-refractivity contribution in [1.82, 2.24) is 0 Å².